The molecule has 7 heteroatoms. The molecule has 114 valence electrons. The summed E-state index contributed by atoms with van der Waals surface area (Å²) in [5, 5.41) is 3.26. The number of aryl methyl sites for hydroxylation is 1. The van der Waals surface area contributed by atoms with Gasteiger partial charge >= 0.3 is 6.18 Å². The summed E-state index contributed by atoms with van der Waals surface area (Å²) >= 11 is 0. The molecule has 0 saturated carbocycles. The zero-order valence-corrected chi connectivity index (χ0v) is 12.3. The third-order valence-corrected chi connectivity index (χ3v) is 2.69. The highest BCUT2D eigenvalue weighted by Crippen LogP contribution is 2.18. The number of rotatable bonds is 6. The van der Waals surface area contributed by atoms with Crippen molar-refractivity contribution in [1.82, 2.24) is 15.3 Å². The Kier molecular flexibility index (Phi) is 5.74. The minimum absolute atomic E-state index is 0.0902. The Hall–Kier alpha value is -1.37. The molecule has 1 N–H and O–H groups in total. The van der Waals surface area contributed by atoms with Gasteiger partial charge in [0.2, 0.25) is 5.95 Å². The normalized spacial score (nSPS) is 12.0. The summed E-state index contributed by atoms with van der Waals surface area (Å²) in [5.74, 6) is 0.626. The van der Waals surface area contributed by atoms with E-state index in [9.17, 15) is 13.2 Å². The molecular weight excluding hydrogens is 269 g/mol. The lowest BCUT2D eigenvalue weighted by atomic mass is 10.2. The number of hydrogen-bond acceptors (Lipinski definition) is 4. The monoisotopic (exact) mass is 290 g/mol. The maximum absolute atomic E-state index is 12.3. The number of alkyl halides is 3. The molecule has 0 saturated heterocycles. The van der Waals surface area contributed by atoms with Crippen molar-refractivity contribution in [3.05, 3.63) is 17.5 Å². The van der Waals surface area contributed by atoms with Gasteiger partial charge in [-0.3, -0.25) is 0 Å². The van der Waals surface area contributed by atoms with Gasteiger partial charge in [0.15, 0.2) is 0 Å². The van der Waals surface area contributed by atoms with Gasteiger partial charge in [0, 0.05) is 31.0 Å². The Labute approximate surface area is 117 Å². The lowest BCUT2D eigenvalue weighted by molar-refractivity contribution is -0.119. The Morgan fingerprint density at radius 3 is 2.50 bits per heavy atom. The predicted molar refractivity (Wildman–Crippen MR) is 72.6 cm³/mol. The van der Waals surface area contributed by atoms with Crippen molar-refractivity contribution < 1.29 is 13.2 Å². The van der Waals surface area contributed by atoms with Crippen LogP contribution in [0.3, 0.4) is 0 Å². The average Bonchev–Trinajstić information content (AvgIpc) is 2.28. The molecule has 0 aliphatic carbocycles. The summed E-state index contributed by atoms with van der Waals surface area (Å²) in [6, 6.07) is 0. The number of hydrogen-bond donors (Lipinski definition) is 1. The van der Waals surface area contributed by atoms with Gasteiger partial charge in [-0.1, -0.05) is 13.8 Å². The molecule has 0 unspecified atom stereocenters. The molecule has 1 rings (SSSR count). The van der Waals surface area contributed by atoms with E-state index in [1.807, 2.05) is 0 Å². The van der Waals surface area contributed by atoms with E-state index in [2.05, 4.69) is 29.1 Å². The number of halogens is 3. The van der Waals surface area contributed by atoms with Crippen molar-refractivity contribution >= 4 is 5.95 Å². The van der Waals surface area contributed by atoms with E-state index in [1.54, 1.807) is 13.1 Å². The van der Waals surface area contributed by atoms with Crippen LogP contribution in [0.15, 0.2) is 6.20 Å². The van der Waals surface area contributed by atoms with Gasteiger partial charge in [0.25, 0.3) is 0 Å². The van der Waals surface area contributed by atoms with Crippen LogP contribution in [0.25, 0.3) is 0 Å². The van der Waals surface area contributed by atoms with Crippen LogP contribution < -0.4 is 10.2 Å². The van der Waals surface area contributed by atoms with Crippen LogP contribution in [0.5, 0.6) is 0 Å². The van der Waals surface area contributed by atoms with Crippen LogP contribution in [-0.4, -0.2) is 36.3 Å². The topological polar surface area (TPSA) is 41.1 Å². The molecule has 1 heterocycles. The fraction of sp³-hybridized carbons (Fsp3) is 0.692. The summed E-state index contributed by atoms with van der Waals surface area (Å²) in [7, 11) is 1.33. The maximum Gasteiger partial charge on any atom is 0.406 e. The van der Waals surface area contributed by atoms with Gasteiger partial charge in [-0.05, 0) is 19.4 Å². The highest BCUT2D eigenvalue weighted by Gasteiger charge is 2.30. The van der Waals surface area contributed by atoms with E-state index < -0.39 is 12.7 Å². The first-order valence-corrected chi connectivity index (χ1v) is 6.50. The number of aromatic nitrogens is 2. The number of nitrogens with one attached hydrogen (secondary N) is 1. The van der Waals surface area contributed by atoms with E-state index in [0.29, 0.717) is 18.2 Å². The van der Waals surface area contributed by atoms with Crippen molar-refractivity contribution in [3.8, 4) is 0 Å². The van der Waals surface area contributed by atoms with Gasteiger partial charge in [-0.2, -0.15) is 13.2 Å². The van der Waals surface area contributed by atoms with Crippen LogP contribution in [0.4, 0.5) is 19.1 Å². The van der Waals surface area contributed by atoms with Crippen molar-refractivity contribution in [2.45, 2.75) is 33.5 Å². The third kappa shape index (κ3) is 5.73. The molecule has 0 atom stereocenters. The highest BCUT2D eigenvalue weighted by atomic mass is 19.4. The summed E-state index contributed by atoms with van der Waals surface area (Å²) in [4.78, 5) is 9.12. The van der Waals surface area contributed by atoms with E-state index in [1.165, 1.54) is 7.05 Å². The molecule has 0 amide bonds. The second kappa shape index (κ2) is 6.88. The number of nitrogens with zero attached hydrogens (tertiary/aromatic N) is 3. The molecule has 0 aliphatic rings. The second-order valence-electron chi connectivity index (χ2n) is 5.28. The van der Waals surface area contributed by atoms with E-state index in [4.69, 9.17) is 0 Å². The van der Waals surface area contributed by atoms with Crippen molar-refractivity contribution in [3.63, 3.8) is 0 Å². The minimum atomic E-state index is -4.26. The first-order chi connectivity index (χ1) is 9.19. The first-order valence-electron chi connectivity index (χ1n) is 6.50. The second-order valence-corrected chi connectivity index (χ2v) is 5.28. The van der Waals surface area contributed by atoms with Crippen LogP contribution in [0.1, 0.15) is 25.1 Å². The van der Waals surface area contributed by atoms with Crippen molar-refractivity contribution in [1.29, 1.82) is 0 Å². The SMILES string of the molecule is Cc1nc(N(C)CC(F)(F)F)ncc1CNCC(C)C. The highest BCUT2D eigenvalue weighted by molar-refractivity contribution is 5.32. The average molecular weight is 290 g/mol. The minimum Gasteiger partial charge on any atom is -0.335 e. The molecule has 20 heavy (non-hydrogen) atoms. The lowest BCUT2D eigenvalue weighted by Crippen LogP contribution is -2.32. The van der Waals surface area contributed by atoms with E-state index >= 15 is 0 Å². The first kappa shape index (κ1) is 16.7. The fourth-order valence-electron chi connectivity index (χ4n) is 1.67. The van der Waals surface area contributed by atoms with Gasteiger partial charge < -0.3 is 10.2 Å². The summed E-state index contributed by atoms with van der Waals surface area (Å²) in [6.07, 6.45) is -2.68. The molecule has 0 aliphatic heterocycles. The largest absolute Gasteiger partial charge is 0.406 e. The molecule has 0 spiro atoms. The standard InChI is InChI=1S/C13H21F3N4/c1-9(2)5-17-6-11-7-18-12(19-10(11)3)20(4)8-13(14,15)16/h7,9,17H,5-6,8H2,1-4H3. The summed E-state index contributed by atoms with van der Waals surface area (Å²) in [5.41, 5.74) is 1.59. The molecule has 1 aromatic rings. The summed E-state index contributed by atoms with van der Waals surface area (Å²) < 4.78 is 36.9. The lowest BCUT2D eigenvalue weighted by Gasteiger charge is -2.19. The molecule has 0 bridgehead atoms. The Bertz CT molecular complexity index is 432. The third-order valence-electron chi connectivity index (χ3n) is 2.69. The van der Waals surface area contributed by atoms with Gasteiger partial charge in [-0.15, -0.1) is 0 Å². The maximum atomic E-state index is 12.3. The fourth-order valence-corrected chi connectivity index (χ4v) is 1.67. The molecule has 0 aromatic carbocycles. The molecule has 1 aromatic heterocycles. The zero-order valence-electron chi connectivity index (χ0n) is 12.3. The Balaban J connectivity index is 2.67. The smallest absolute Gasteiger partial charge is 0.335 e. The Morgan fingerprint density at radius 2 is 2.00 bits per heavy atom. The molecule has 0 radical (unpaired) electrons. The zero-order chi connectivity index (χ0) is 15.3. The van der Waals surface area contributed by atoms with Crippen LogP contribution in [0.2, 0.25) is 0 Å². The Morgan fingerprint density at radius 1 is 1.35 bits per heavy atom. The van der Waals surface area contributed by atoms with E-state index in [0.717, 1.165) is 17.0 Å². The molecule has 0 fully saturated rings. The van der Waals surface area contributed by atoms with Gasteiger partial charge in [0.05, 0.1) is 0 Å². The quantitative estimate of drug-likeness (QED) is 0.874. The van der Waals surface area contributed by atoms with Gasteiger partial charge in [-0.25, -0.2) is 9.97 Å². The van der Waals surface area contributed by atoms with Gasteiger partial charge in [0.1, 0.15) is 6.54 Å². The number of anilines is 1. The molecule has 4 nitrogen and oxygen atoms in total. The van der Waals surface area contributed by atoms with Crippen LogP contribution in [-0.2, 0) is 6.54 Å². The predicted octanol–water partition coefficient (Wildman–Crippen LogP) is 2.53. The van der Waals surface area contributed by atoms with Crippen molar-refractivity contribution in [2.24, 2.45) is 5.92 Å². The summed E-state index contributed by atoms with van der Waals surface area (Å²) in [6.45, 7) is 6.41. The molecular formula is C13H21F3N4. The van der Waals surface area contributed by atoms with Crippen molar-refractivity contribution in [2.75, 3.05) is 25.0 Å². The van der Waals surface area contributed by atoms with Crippen LogP contribution in [0, 0.1) is 12.8 Å². The van der Waals surface area contributed by atoms with Crippen LogP contribution >= 0.6 is 0 Å². The van der Waals surface area contributed by atoms with E-state index in [-0.39, 0.29) is 5.95 Å².